The van der Waals surface area contributed by atoms with Crippen LogP contribution >= 0.6 is 0 Å². The minimum atomic E-state index is -3.58. The molecule has 1 fully saturated rings. The zero-order valence-electron chi connectivity index (χ0n) is 18.7. The summed E-state index contributed by atoms with van der Waals surface area (Å²) in [6.45, 7) is 5.15. The van der Waals surface area contributed by atoms with Gasteiger partial charge in [-0.1, -0.05) is 26.0 Å². The Morgan fingerprint density at radius 2 is 1.61 bits per heavy atom. The van der Waals surface area contributed by atoms with Crippen molar-refractivity contribution < 1.29 is 21.6 Å². The Labute approximate surface area is 195 Å². The fourth-order valence-corrected chi connectivity index (χ4v) is 6.97. The maximum atomic E-state index is 13.5. The lowest BCUT2D eigenvalue weighted by Gasteiger charge is -2.28. The van der Waals surface area contributed by atoms with E-state index in [1.165, 1.54) is 39.5 Å². The molecule has 176 valence electrons. The summed E-state index contributed by atoms with van der Waals surface area (Å²) in [6.07, 6.45) is 3.21. The van der Waals surface area contributed by atoms with Crippen LogP contribution in [0.4, 0.5) is 5.69 Å². The summed E-state index contributed by atoms with van der Waals surface area (Å²) in [5, 5.41) is 1.14. The maximum Gasteiger partial charge on any atom is 0.258 e. The normalized spacial score (nSPS) is 20.4. The molecule has 4 rings (SSSR count). The number of hydrogen-bond donors (Lipinski definition) is 0. The van der Waals surface area contributed by atoms with Gasteiger partial charge >= 0.3 is 0 Å². The molecule has 0 N–H and O–H groups in total. The molecular formula is C24H28N2O5S2. The number of benzene rings is 2. The van der Waals surface area contributed by atoms with Crippen LogP contribution in [-0.4, -0.2) is 51.9 Å². The molecule has 1 saturated heterocycles. The molecular weight excluding hydrogens is 460 g/mol. The third-order valence-corrected chi connectivity index (χ3v) is 9.39. The lowest BCUT2D eigenvalue weighted by atomic mass is 10.0. The largest absolute Gasteiger partial charge is 0.300 e. The average molecular weight is 489 g/mol. The van der Waals surface area contributed by atoms with Gasteiger partial charge in [-0.25, -0.2) is 16.8 Å². The molecule has 33 heavy (non-hydrogen) atoms. The molecule has 0 unspecified atom stereocenters. The van der Waals surface area contributed by atoms with Crippen molar-refractivity contribution in [2.24, 2.45) is 0 Å². The summed E-state index contributed by atoms with van der Waals surface area (Å²) in [7, 11) is -6.96. The fourth-order valence-electron chi connectivity index (χ4n) is 4.19. The number of hydrogen-bond acceptors (Lipinski definition) is 5. The molecule has 1 amide bonds. The van der Waals surface area contributed by atoms with Gasteiger partial charge in [-0.3, -0.25) is 4.79 Å². The Balaban J connectivity index is 1.65. The highest BCUT2D eigenvalue weighted by Crippen LogP contribution is 2.28. The van der Waals surface area contributed by atoms with Crippen molar-refractivity contribution >= 4 is 31.5 Å². The van der Waals surface area contributed by atoms with Gasteiger partial charge in [0.25, 0.3) is 5.91 Å². The number of sulfone groups is 1. The highest BCUT2D eigenvalue weighted by Gasteiger charge is 2.33. The molecule has 2 aliphatic heterocycles. The van der Waals surface area contributed by atoms with E-state index in [1.54, 1.807) is 0 Å². The fraction of sp³-hybridized carbons (Fsp3) is 0.375. The SMILES string of the molecule is CC(C)c1ccc(N(C(=O)c2ccc(S(=O)(=O)N3CCCC3)cc2)[C@@H]2C=CS(=O)(=O)C2)cc1. The number of carbonyl (C=O) groups excluding carboxylic acids is 1. The molecule has 9 heteroatoms. The summed E-state index contributed by atoms with van der Waals surface area (Å²) in [5.74, 6) is -0.254. The highest BCUT2D eigenvalue weighted by atomic mass is 32.2. The average Bonchev–Trinajstić information content (AvgIpc) is 3.45. The lowest BCUT2D eigenvalue weighted by Crippen LogP contribution is -2.41. The van der Waals surface area contributed by atoms with Crippen molar-refractivity contribution in [1.82, 2.24) is 4.31 Å². The molecule has 0 saturated carbocycles. The van der Waals surface area contributed by atoms with Gasteiger partial charge in [0.1, 0.15) is 0 Å². The molecule has 0 aromatic heterocycles. The van der Waals surface area contributed by atoms with E-state index in [9.17, 15) is 21.6 Å². The number of anilines is 1. The van der Waals surface area contributed by atoms with Crippen molar-refractivity contribution in [3.63, 3.8) is 0 Å². The van der Waals surface area contributed by atoms with E-state index in [1.807, 2.05) is 24.3 Å². The van der Waals surface area contributed by atoms with Crippen molar-refractivity contribution in [2.75, 3.05) is 23.7 Å². The summed E-state index contributed by atoms with van der Waals surface area (Å²) in [6, 6.07) is 12.7. The molecule has 1 atom stereocenters. The molecule has 0 aliphatic carbocycles. The van der Waals surface area contributed by atoms with Crippen LogP contribution in [0, 0.1) is 0 Å². The Hall–Kier alpha value is -2.49. The monoisotopic (exact) mass is 488 g/mol. The highest BCUT2D eigenvalue weighted by molar-refractivity contribution is 7.94. The van der Waals surface area contributed by atoms with Crippen LogP contribution < -0.4 is 4.90 Å². The van der Waals surface area contributed by atoms with Gasteiger partial charge < -0.3 is 4.90 Å². The number of amides is 1. The smallest absolute Gasteiger partial charge is 0.258 e. The Kier molecular flexibility index (Phi) is 6.48. The minimum Gasteiger partial charge on any atom is -0.300 e. The Morgan fingerprint density at radius 1 is 1.00 bits per heavy atom. The van der Waals surface area contributed by atoms with Gasteiger partial charge in [-0.05, 0) is 66.8 Å². The zero-order chi connectivity index (χ0) is 23.8. The van der Waals surface area contributed by atoms with Crippen LogP contribution in [0.2, 0.25) is 0 Å². The Morgan fingerprint density at radius 3 is 2.12 bits per heavy atom. The van der Waals surface area contributed by atoms with Gasteiger partial charge in [0.2, 0.25) is 10.0 Å². The van der Waals surface area contributed by atoms with Crippen LogP contribution in [0.25, 0.3) is 0 Å². The quantitative estimate of drug-likeness (QED) is 0.620. The first-order valence-corrected chi connectivity index (χ1v) is 14.2. The third kappa shape index (κ3) is 4.90. The van der Waals surface area contributed by atoms with Gasteiger partial charge in [0, 0.05) is 29.7 Å². The minimum absolute atomic E-state index is 0.150. The summed E-state index contributed by atoms with van der Waals surface area (Å²) in [4.78, 5) is 15.1. The van der Waals surface area contributed by atoms with Gasteiger partial charge in [0.05, 0.1) is 16.7 Å². The second-order valence-electron chi connectivity index (χ2n) is 8.78. The number of rotatable bonds is 6. The molecule has 2 aliphatic rings. The Bertz CT molecular complexity index is 1260. The second kappa shape index (κ2) is 9.04. The van der Waals surface area contributed by atoms with Crippen LogP contribution in [0.1, 0.15) is 48.5 Å². The molecule has 0 bridgehead atoms. The predicted molar refractivity (Wildman–Crippen MR) is 128 cm³/mol. The van der Waals surface area contributed by atoms with Crippen molar-refractivity contribution in [1.29, 1.82) is 0 Å². The zero-order valence-corrected chi connectivity index (χ0v) is 20.3. The second-order valence-corrected chi connectivity index (χ2v) is 12.7. The van der Waals surface area contributed by atoms with E-state index in [0.717, 1.165) is 23.8 Å². The molecule has 2 aromatic rings. The number of nitrogens with zero attached hydrogens (tertiary/aromatic N) is 2. The summed E-state index contributed by atoms with van der Waals surface area (Å²) >= 11 is 0. The standard InChI is InChI=1S/C24H28N2O5S2/c1-18(2)19-5-9-21(10-6-19)26(22-13-16-32(28,29)17-22)24(27)20-7-11-23(12-8-20)33(30,31)25-14-3-4-15-25/h5-13,16,18,22H,3-4,14-15,17H2,1-2H3/t22-/m1/s1. The molecule has 2 heterocycles. The molecule has 7 nitrogen and oxygen atoms in total. The van der Waals surface area contributed by atoms with Gasteiger partial charge in [0.15, 0.2) is 9.84 Å². The van der Waals surface area contributed by atoms with Crippen LogP contribution in [0.3, 0.4) is 0 Å². The first-order valence-electron chi connectivity index (χ1n) is 11.0. The van der Waals surface area contributed by atoms with Crippen LogP contribution in [0.15, 0.2) is 64.9 Å². The molecule has 0 radical (unpaired) electrons. The van der Waals surface area contributed by atoms with Gasteiger partial charge in [-0.15, -0.1) is 0 Å². The predicted octanol–water partition coefficient (Wildman–Crippen LogP) is 3.55. The molecule has 0 spiro atoms. The van der Waals surface area contributed by atoms with Gasteiger partial charge in [-0.2, -0.15) is 4.31 Å². The van der Waals surface area contributed by atoms with E-state index in [-0.39, 0.29) is 16.6 Å². The first kappa shape index (κ1) is 23.7. The van der Waals surface area contributed by atoms with E-state index in [4.69, 9.17) is 0 Å². The topological polar surface area (TPSA) is 91.8 Å². The van der Waals surface area contributed by atoms with Crippen LogP contribution in [-0.2, 0) is 19.9 Å². The number of carbonyl (C=O) groups is 1. The number of sulfonamides is 1. The third-order valence-electron chi connectivity index (χ3n) is 6.10. The van der Waals surface area contributed by atoms with Crippen LogP contribution in [0.5, 0.6) is 0 Å². The molecule has 2 aromatic carbocycles. The summed E-state index contributed by atoms with van der Waals surface area (Å²) < 4.78 is 51.2. The first-order chi connectivity index (χ1) is 15.6. The summed E-state index contributed by atoms with van der Waals surface area (Å²) in [5.41, 5.74) is 1.99. The van der Waals surface area contributed by atoms with Crippen molar-refractivity contribution in [3.05, 3.63) is 71.1 Å². The van der Waals surface area contributed by atoms with Crippen molar-refractivity contribution in [3.8, 4) is 0 Å². The van der Waals surface area contributed by atoms with Crippen molar-refractivity contribution in [2.45, 2.75) is 43.5 Å². The van der Waals surface area contributed by atoms with E-state index in [2.05, 4.69) is 13.8 Å². The lowest BCUT2D eigenvalue weighted by molar-refractivity contribution is 0.0983. The van der Waals surface area contributed by atoms with E-state index >= 15 is 0 Å². The van der Waals surface area contributed by atoms with E-state index in [0.29, 0.717) is 30.3 Å². The van der Waals surface area contributed by atoms with E-state index < -0.39 is 25.9 Å². The maximum absolute atomic E-state index is 13.5.